The van der Waals surface area contributed by atoms with E-state index in [2.05, 4.69) is 9.97 Å². The summed E-state index contributed by atoms with van der Waals surface area (Å²) in [6.45, 7) is 2.44. The number of benzene rings is 2. The van der Waals surface area contributed by atoms with Crippen LogP contribution in [0.25, 0.3) is 10.9 Å². The van der Waals surface area contributed by atoms with Gasteiger partial charge in [-0.1, -0.05) is 30.3 Å². The highest BCUT2D eigenvalue weighted by molar-refractivity contribution is 6.30. The van der Waals surface area contributed by atoms with Crippen LogP contribution >= 0.6 is 0 Å². The van der Waals surface area contributed by atoms with Gasteiger partial charge in [-0.25, -0.2) is 14.6 Å². The number of nitrogens with one attached hydrogen (secondary N) is 1. The summed E-state index contributed by atoms with van der Waals surface area (Å²) >= 11 is 0. The number of aryl methyl sites for hydroxylation is 1. The first-order valence-corrected chi connectivity index (χ1v) is 11.3. The molecule has 2 aromatic carbocycles. The minimum Gasteiger partial charge on any atom is -0.489 e. The van der Waals surface area contributed by atoms with Crippen molar-refractivity contribution in [3.8, 4) is 5.75 Å². The Morgan fingerprint density at radius 1 is 1.06 bits per heavy atom. The fraction of sp³-hybridized carbons (Fsp3) is 0.231. The molecular weight excluding hydrogens is 450 g/mol. The number of carbonyl (C=O) groups excluding carboxylic acids is 3. The van der Waals surface area contributed by atoms with Crippen LogP contribution in [0, 0.1) is 12.8 Å². The molecule has 0 bridgehead atoms. The van der Waals surface area contributed by atoms with Gasteiger partial charge in [0.05, 0.1) is 17.2 Å². The Morgan fingerprint density at radius 2 is 1.86 bits per heavy atom. The third-order valence-corrected chi connectivity index (χ3v) is 6.57. The van der Waals surface area contributed by atoms with Gasteiger partial charge in [0.15, 0.2) is 18.0 Å². The van der Waals surface area contributed by atoms with Crippen LogP contribution in [0.5, 0.6) is 5.75 Å². The molecule has 2 aromatic heterocycles. The molecule has 0 saturated carbocycles. The predicted molar refractivity (Wildman–Crippen MR) is 123 cm³/mol. The van der Waals surface area contributed by atoms with Crippen molar-refractivity contribution in [3.63, 3.8) is 0 Å². The highest BCUT2D eigenvalue weighted by atomic mass is 16.6. The fourth-order valence-corrected chi connectivity index (χ4v) is 4.81. The minimum atomic E-state index is -1.09. The number of hydrogen-bond donors (Lipinski definition) is 1. The number of Topliss-reactive ketones (excluding diaryl/α,β-unsaturated/α-hetero) is 1. The van der Waals surface area contributed by atoms with Crippen LogP contribution in [0.1, 0.15) is 33.5 Å². The third kappa shape index (κ3) is 3.56. The number of carbonyl (C=O) groups is 3. The molecule has 176 valence electrons. The number of rotatable bonds is 5. The van der Waals surface area contributed by atoms with Gasteiger partial charge in [-0.05, 0) is 30.7 Å². The zero-order valence-electron chi connectivity index (χ0n) is 18.8. The molecule has 9 heteroatoms. The largest absolute Gasteiger partial charge is 0.489 e. The number of fused-ring (bicyclic) bond motifs is 5. The van der Waals surface area contributed by atoms with E-state index in [0.717, 1.165) is 11.4 Å². The van der Waals surface area contributed by atoms with Crippen molar-refractivity contribution >= 4 is 28.6 Å². The van der Waals surface area contributed by atoms with Crippen LogP contribution in [0.4, 0.5) is 0 Å². The monoisotopic (exact) mass is 471 g/mol. The standard InChI is InChI=1S/C26H21N3O6/c1-14-27-9-10-29(14)12-18-22(30)20-17-11-16(33-13-15-5-3-2-4-6-15)7-8-19(17)28-21(20)24-23(18)34-25(31)26(32)35-24/h2-11,18,23-24,28H,12-13H2,1H3. The van der Waals surface area contributed by atoms with Crippen LogP contribution in [0.15, 0.2) is 60.9 Å². The number of aromatic nitrogens is 3. The van der Waals surface area contributed by atoms with E-state index in [0.29, 0.717) is 34.5 Å². The zero-order valence-corrected chi connectivity index (χ0v) is 18.8. The zero-order chi connectivity index (χ0) is 24.1. The molecule has 3 unspecified atom stereocenters. The lowest BCUT2D eigenvalue weighted by atomic mass is 9.80. The van der Waals surface area contributed by atoms with Gasteiger partial charge in [0.2, 0.25) is 0 Å². The summed E-state index contributed by atoms with van der Waals surface area (Å²) in [4.78, 5) is 45.4. The van der Waals surface area contributed by atoms with Gasteiger partial charge in [0, 0.05) is 29.8 Å². The van der Waals surface area contributed by atoms with E-state index in [1.165, 1.54) is 0 Å². The van der Waals surface area contributed by atoms with E-state index >= 15 is 0 Å². The Hall–Kier alpha value is -4.40. The number of esters is 2. The Morgan fingerprint density at radius 3 is 2.63 bits per heavy atom. The summed E-state index contributed by atoms with van der Waals surface area (Å²) < 4.78 is 18.7. The molecule has 0 spiro atoms. The maximum Gasteiger partial charge on any atom is 0.418 e. The van der Waals surface area contributed by atoms with E-state index in [4.69, 9.17) is 14.2 Å². The second-order valence-corrected chi connectivity index (χ2v) is 8.69. The summed E-state index contributed by atoms with van der Waals surface area (Å²) in [5.41, 5.74) is 2.56. The molecule has 6 rings (SSSR count). The molecule has 4 aromatic rings. The Bertz CT molecular complexity index is 1470. The normalized spacial score (nSPS) is 21.3. The summed E-state index contributed by atoms with van der Waals surface area (Å²) in [7, 11) is 0. The van der Waals surface area contributed by atoms with Crippen molar-refractivity contribution in [1.82, 2.24) is 14.5 Å². The average molecular weight is 471 g/mol. The SMILES string of the molecule is Cc1nccn1CC1C(=O)c2c([nH]c3ccc(OCc4ccccc4)cc23)C2OC(=O)C(=O)OC12. The topological polar surface area (TPSA) is 113 Å². The van der Waals surface area contributed by atoms with Crippen molar-refractivity contribution in [2.45, 2.75) is 32.3 Å². The fourth-order valence-electron chi connectivity index (χ4n) is 4.81. The Kier molecular flexibility index (Phi) is 4.91. The summed E-state index contributed by atoms with van der Waals surface area (Å²) in [6, 6.07) is 15.2. The molecule has 1 saturated heterocycles. The maximum absolute atomic E-state index is 13.8. The van der Waals surface area contributed by atoms with Crippen molar-refractivity contribution in [2.24, 2.45) is 5.92 Å². The van der Waals surface area contributed by atoms with Crippen molar-refractivity contribution in [3.05, 3.63) is 83.6 Å². The van der Waals surface area contributed by atoms with E-state index in [1.54, 1.807) is 12.4 Å². The van der Waals surface area contributed by atoms with Crippen LogP contribution < -0.4 is 4.74 Å². The third-order valence-electron chi connectivity index (χ3n) is 6.57. The second kappa shape index (κ2) is 8.12. The molecule has 0 amide bonds. The number of hydrogen-bond acceptors (Lipinski definition) is 7. The van der Waals surface area contributed by atoms with E-state index in [1.807, 2.05) is 60.0 Å². The van der Waals surface area contributed by atoms with Crippen LogP contribution in [-0.4, -0.2) is 38.4 Å². The van der Waals surface area contributed by atoms with Crippen molar-refractivity contribution < 1.29 is 28.6 Å². The van der Waals surface area contributed by atoms with Gasteiger partial charge < -0.3 is 23.8 Å². The molecule has 35 heavy (non-hydrogen) atoms. The second-order valence-electron chi connectivity index (χ2n) is 8.69. The first-order valence-electron chi connectivity index (χ1n) is 11.3. The van der Waals surface area contributed by atoms with Gasteiger partial charge in [-0.3, -0.25) is 4.79 Å². The van der Waals surface area contributed by atoms with Crippen LogP contribution in [0.2, 0.25) is 0 Å². The lowest BCUT2D eigenvalue weighted by Gasteiger charge is -2.38. The Labute approximate surface area is 199 Å². The number of nitrogens with zero attached hydrogens (tertiary/aromatic N) is 2. The molecular formula is C26H21N3O6. The lowest BCUT2D eigenvalue weighted by Crippen LogP contribution is -2.50. The predicted octanol–water partition coefficient (Wildman–Crippen LogP) is 3.27. The molecule has 1 N–H and O–H groups in total. The first-order chi connectivity index (χ1) is 17.0. The number of H-pyrrole nitrogens is 1. The number of ketones is 1. The number of imidazole rings is 1. The molecule has 3 heterocycles. The lowest BCUT2D eigenvalue weighted by molar-refractivity contribution is -0.200. The van der Waals surface area contributed by atoms with Gasteiger partial charge >= 0.3 is 11.9 Å². The van der Waals surface area contributed by atoms with Gasteiger partial charge in [-0.15, -0.1) is 0 Å². The summed E-state index contributed by atoms with van der Waals surface area (Å²) in [6.07, 6.45) is 1.54. The van der Waals surface area contributed by atoms with E-state index in [-0.39, 0.29) is 12.3 Å². The molecule has 1 aliphatic carbocycles. The van der Waals surface area contributed by atoms with E-state index < -0.39 is 30.1 Å². The Balaban J connectivity index is 1.41. The van der Waals surface area contributed by atoms with Crippen LogP contribution in [-0.2, 0) is 32.2 Å². The molecule has 3 atom stereocenters. The molecule has 1 fully saturated rings. The maximum atomic E-state index is 13.8. The van der Waals surface area contributed by atoms with Crippen LogP contribution in [0.3, 0.4) is 0 Å². The first kappa shape index (κ1) is 21.2. The number of aromatic amines is 1. The number of ether oxygens (including phenoxy) is 3. The van der Waals surface area contributed by atoms with Crippen molar-refractivity contribution in [1.29, 1.82) is 0 Å². The average Bonchev–Trinajstić information content (AvgIpc) is 3.45. The smallest absolute Gasteiger partial charge is 0.418 e. The minimum absolute atomic E-state index is 0.202. The van der Waals surface area contributed by atoms with Gasteiger partial charge in [0.1, 0.15) is 18.2 Å². The van der Waals surface area contributed by atoms with Gasteiger partial charge in [0.25, 0.3) is 0 Å². The highest BCUT2D eigenvalue weighted by Gasteiger charge is 2.52. The quantitative estimate of drug-likeness (QED) is 0.351. The summed E-state index contributed by atoms with van der Waals surface area (Å²) in [5, 5.41) is 0.661. The molecule has 0 radical (unpaired) electrons. The van der Waals surface area contributed by atoms with E-state index in [9.17, 15) is 14.4 Å². The van der Waals surface area contributed by atoms with Crippen molar-refractivity contribution in [2.75, 3.05) is 0 Å². The summed E-state index contributed by atoms with van der Waals surface area (Å²) in [5.74, 6) is -1.81. The molecule has 9 nitrogen and oxygen atoms in total. The van der Waals surface area contributed by atoms with Gasteiger partial charge in [-0.2, -0.15) is 0 Å². The molecule has 2 aliphatic rings. The molecule has 1 aliphatic heterocycles. The highest BCUT2D eigenvalue weighted by Crippen LogP contribution is 2.44.